The molecule has 9 heteroatoms. The van der Waals surface area contributed by atoms with E-state index in [1.54, 1.807) is 7.05 Å². The maximum absolute atomic E-state index is 10.9. The van der Waals surface area contributed by atoms with Crippen molar-refractivity contribution in [3.63, 3.8) is 0 Å². The minimum atomic E-state index is -0.574. The Hall–Kier alpha value is -2.61. The van der Waals surface area contributed by atoms with Crippen LogP contribution in [0.25, 0.3) is 0 Å². The number of anilines is 2. The van der Waals surface area contributed by atoms with Crippen molar-refractivity contribution in [3.8, 4) is 11.6 Å². The lowest BCUT2D eigenvalue weighted by Gasteiger charge is -2.07. The molecule has 0 bridgehead atoms. The van der Waals surface area contributed by atoms with Gasteiger partial charge in [0.1, 0.15) is 5.82 Å². The van der Waals surface area contributed by atoms with Gasteiger partial charge in [-0.15, -0.1) is 0 Å². The second kappa shape index (κ2) is 5.57. The van der Waals surface area contributed by atoms with E-state index in [9.17, 15) is 10.1 Å². The zero-order valence-corrected chi connectivity index (χ0v) is 11.1. The summed E-state index contributed by atoms with van der Waals surface area (Å²) >= 11 is 5.81. The molecule has 20 heavy (non-hydrogen) atoms. The molecule has 0 saturated heterocycles. The van der Waals surface area contributed by atoms with Gasteiger partial charge in [0.05, 0.1) is 4.92 Å². The third-order valence-electron chi connectivity index (χ3n) is 2.31. The molecule has 8 nitrogen and oxygen atoms in total. The van der Waals surface area contributed by atoms with Crippen LogP contribution in [0, 0.1) is 10.1 Å². The van der Waals surface area contributed by atoms with Crippen molar-refractivity contribution in [3.05, 3.63) is 39.4 Å². The van der Waals surface area contributed by atoms with E-state index < -0.39 is 4.92 Å². The molecule has 0 atom stereocenters. The van der Waals surface area contributed by atoms with Crippen LogP contribution in [0.3, 0.4) is 0 Å². The van der Waals surface area contributed by atoms with E-state index in [4.69, 9.17) is 22.1 Å². The predicted octanol–water partition coefficient (Wildman–Crippen LogP) is 2.45. The van der Waals surface area contributed by atoms with Gasteiger partial charge >= 0.3 is 5.69 Å². The lowest BCUT2D eigenvalue weighted by atomic mass is 10.3. The third-order valence-corrected chi connectivity index (χ3v) is 2.54. The Bertz CT molecular complexity index is 665. The molecule has 0 unspecified atom stereocenters. The molecule has 0 aliphatic rings. The molecule has 104 valence electrons. The average Bonchev–Trinajstić information content (AvgIpc) is 2.37. The highest BCUT2D eigenvalue weighted by Gasteiger charge is 2.17. The van der Waals surface area contributed by atoms with Crippen LogP contribution in [0.2, 0.25) is 5.02 Å². The molecule has 1 heterocycles. The summed E-state index contributed by atoms with van der Waals surface area (Å²) < 4.78 is 5.38. The number of rotatable bonds is 4. The summed E-state index contributed by atoms with van der Waals surface area (Å²) in [4.78, 5) is 18.1. The Morgan fingerprint density at radius 2 is 2.15 bits per heavy atom. The van der Waals surface area contributed by atoms with E-state index >= 15 is 0 Å². The molecular weight excluding hydrogens is 286 g/mol. The summed E-state index contributed by atoms with van der Waals surface area (Å²) in [6.07, 6.45) is 0. The normalized spacial score (nSPS) is 10.1. The molecular formula is C11H10ClN5O3. The monoisotopic (exact) mass is 295 g/mol. The van der Waals surface area contributed by atoms with E-state index in [2.05, 4.69) is 15.3 Å². The zero-order valence-electron chi connectivity index (χ0n) is 10.3. The fourth-order valence-electron chi connectivity index (χ4n) is 1.46. The van der Waals surface area contributed by atoms with Crippen molar-refractivity contribution in [2.45, 2.75) is 0 Å². The van der Waals surface area contributed by atoms with Crippen LogP contribution in [0.5, 0.6) is 11.6 Å². The summed E-state index contributed by atoms with van der Waals surface area (Å²) in [5, 5.41) is 14.0. The van der Waals surface area contributed by atoms with E-state index in [1.165, 1.54) is 24.3 Å². The Labute approximate surface area is 118 Å². The van der Waals surface area contributed by atoms with Gasteiger partial charge in [0.25, 0.3) is 0 Å². The number of hydrogen-bond acceptors (Lipinski definition) is 7. The molecule has 0 saturated carbocycles. The number of nitro groups is 1. The van der Waals surface area contributed by atoms with Crippen LogP contribution in [0.15, 0.2) is 24.3 Å². The molecule has 1 aromatic carbocycles. The summed E-state index contributed by atoms with van der Waals surface area (Å²) in [6.45, 7) is 0. The van der Waals surface area contributed by atoms with Crippen molar-refractivity contribution < 1.29 is 9.66 Å². The van der Waals surface area contributed by atoms with Crippen LogP contribution in [-0.4, -0.2) is 21.9 Å². The smallest absolute Gasteiger partial charge is 0.311 e. The average molecular weight is 296 g/mol. The Kier molecular flexibility index (Phi) is 3.85. The zero-order chi connectivity index (χ0) is 14.7. The number of nitrogens with one attached hydrogen (secondary N) is 1. The van der Waals surface area contributed by atoms with E-state index in [0.29, 0.717) is 10.8 Å². The number of benzene rings is 1. The highest BCUT2D eigenvalue weighted by molar-refractivity contribution is 6.30. The van der Waals surface area contributed by atoms with E-state index in [-0.39, 0.29) is 23.3 Å². The van der Waals surface area contributed by atoms with E-state index in [1.807, 2.05) is 0 Å². The molecule has 0 spiro atoms. The molecule has 2 rings (SSSR count). The summed E-state index contributed by atoms with van der Waals surface area (Å²) in [5.41, 5.74) is 5.29. The SMILES string of the molecule is CNc1cc(Oc2cc(Cl)ccc2[N+](=O)[O-])nc(N)n1. The molecule has 3 N–H and O–H groups in total. The van der Waals surface area contributed by atoms with Crippen LogP contribution < -0.4 is 15.8 Å². The van der Waals surface area contributed by atoms with Crippen LogP contribution in [0.1, 0.15) is 0 Å². The van der Waals surface area contributed by atoms with Crippen LogP contribution in [-0.2, 0) is 0 Å². The largest absolute Gasteiger partial charge is 0.431 e. The maximum atomic E-state index is 10.9. The quantitative estimate of drug-likeness (QED) is 0.657. The van der Waals surface area contributed by atoms with Gasteiger partial charge in [0, 0.05) is 30.3 Å². The van der Waals surface area contributed by atoms with Crippen LogP contribution >= 0.6 is 11.6 Å². The third kappa shape index (κ3) is 3.04. The molecule has 0 radical (unpaired) electrons. The first kappa shape index (κ1) is 13.8. The van der Waals surface area contributed by atoms with Crippen LogP contribution in [0.4, 0.5) is 17.5 Å². The van der Waals surface area contributed by atoms with Crippen molar-refractivity contribution >= 4 is 29.1 Å². The second-order valence-electron chi connectivity index (χ2n) is 3.67. The first-order chi connectivity index (χ1) is 9.49. The van der Waals surface area contributed by atoms with Gasteiger partial charge in [-0.05, 0) is 6.07 Å². The number of hydrogen-bond donors (Lipinski definition) is 2. The topological polar surface area (TPSA) is 116 Å². The Balaban J connectivity index is 2.41. The first-order valence-electron chi connectivity index (χ1n) is 5.43. The van der Waals surface area contributed by atoms with Gasteiger partial charge in [-0.25, -0.2) is 0 Å². The Morgan fingerprint density at radius 3 is 2.80 bits per heavy atom. The number of ether oxygens (including phenoxy) is 1. The van der Waals surface area contributed by atoms with Gasteiger partial charge in [-0.2, -0.15) is 9.97 Å². The number of nitrogen functional groups attached to an aromatic ring is 1. The van der Waals surface area contributed by atoms with Crippen molar-refractivity contribution in [1.82, 2.24) is 9.97 Å². The lowest BCUT2D eigenvalue weighted by Crippen LogP contribution is -2.02. The van der Waals surface area contributed by atoms with Gasteiger partial charge in [0.2, 0.25) is 17.6 Å². The van der Waals surface area contributed by atoms with Crippen molar-refractivity contribution in [1.29, 1.82) is 0 Å². The standard InChI is InChI=1S/C11H10ClN5O3/c1-14-9-5-10(16-11(13)15-9)20-8-4-6(12)2-3-7(8)17(18)19/h2-5H,1H3,(H3,13,14,15,16). The minimum absolute atomic E-state index is 0.0171. The molecule has 1 aromatic heterocycles. The Morgan fingerprint density at radius 1 is 1.40 bits per heavy atom. The second-order valence-corrected chi connectivity index (χ2v) is 4.11. The number of nitrogens with zero attached hydrogens (tertiary/aromatic N) is 3. The molecule has 0 fully saturated rings. The molecule has 0 amide bonds. The van der Waals surface area contributed by atoms with Crippen molar-refractivity contribution in [2.75, 3.05) is 18.1 Å². The maximum Gasteiger partial charge on any atom is 0.311 e. The highest BCUT2D eigenvalue weighted by Crippen LogP contribution is 2.33. The molecule has 0 aliphatic carbocycles. The molecule has 2 aromatic rings. The van der Waals surface area contributed by atoms with Gasteiger partial charge in [0.15, 0.2) is 0 Å². The molecule has 0 aliphatic heterocycles. The predicted molar refractivity (Wildman–Crippen MR) is 74.2 cm³/mol. The van der Waals surface area contributed by atoms with Gasteiger partial charge in [-0.1, -0.05) is 11.6 Å². The number of nitro benzene ring substituents is 1. The number of nitrogens with two attached hydrogens (primary N) is 1. The van der Waals surface area contributed by atoms with Gasteiger partial charge in [-0.3, -0.25) is 10.1 Å². The summed E-state index contributed by atoms with van der Waals surface area (Å²) in [5.74, 6) is 0.462. The minimum Gasteiger partial charge on any atom is -0.431 e. The number of aromatic nitrogens is 2. The highest BCUT2D eigenvalue weighted by atomic mass is 35.5. The fraction of sp³-hybridized carbons (Fsp3) is 0.0909. The van der Waals surface area contributed by atoms with Gasteiger partial charge < -0.3 is 15.8 Å². The lowest BCUT2D eigenvalue weighted by molar-refractivity contribution is -0.385. The van der Waals surface area contributed by atoms with Crippen molar-refractivity contribution in [2.24, 2.45) is 0 Å². The van der Waals surface area contributed by atoms with E-state index in [0.717, 1.165) is 0 Å². The summed E-state index contributed by atoms with van der Waals surface area (Å²) in [7, 11) is 1.65. The number of halogens is 1. The fourth-order valence-corrected chi connectivity index (χ4v) is 1.62. The summed E-state index contributed by atoms with van der Waals surface area (Å²) in [6, 6.07) is 5.44. The first-order valence-corrected chi connectivity index (χ1v) is 5.81.